The topological polar surface area (TPSA) is 232 Å². The number of nitrogens with one attached hydrogen (secondary N) is 2. The predicted molar refractivity (Wildman–Crippen MR) is 141 cm³/mol. The van der Waals surface area contributed by atoms with Gasteiger partial charge in [0.25, 0.3) is 0 Å². The number of methoxy groups -OCH3 is 1. The Bertz CT molecular complexity index is 1150. The summed E-state index contributed by atoms with van der Waals surface area (Å²) >= 11 is 0. The molecular formula is C22H38N7O10P. The largest absolute Gasteiger partial charge is 0.479 e. The summed E-state index contributed by atoms with van der Waals surface area (Å²) in [6.07, 6.45) is -2.65. The number of aromatic nitrogens is 4. The van der Waals surface area contributed by atoms with Gasteiger partial charge in [0.1, 0.15) is 31.0 Å². The van der Waals surface area contributed by atoms with Crippen molar-refractivity contribution in [2.45, 2.75) is 71.7 Å². The Labute approximate surface area is 231 Å². The molecule has 3 unspecified atom stereocenters. The van der Waals surface area contributed by atoms with Crippen molar-refractivity contribution in [1.82, 2.24) is 29.7 Å². The number of hydrogen-bond donors (Lipinski definition) is 5. The summed E-state index contributed by atoms with van der Waals surface area (Å²) in [5.74, 6) is -1.34. The van der Waals surface area contributed by atoms with Gasteiger partial charge in [0.2, 0.25) is 11.8 Å². The van der Waals surface area contributed by atoms with Gasteiger partial charge in [0.15, 0.2) is 11.2 Å². The second kappa shape index (κ2) is 15.2. The van der Waals surface area contributed by atoms with Crippen LogP contribution in [-0.4, -0.2) is 99.0 Å². The molecule has 0 saturated carbocycles. The summed E-state index contributed by atoms with van der Waals surface area (Å²) in [5.41, 5.74) is 6.32. The van der Waals surface area contributed by atoms with Crippen LogP contribution in [0.15, 0.2) is 6.33 Å². The van der Waals surface area contributed by atoms with E-state index in [2.05, 4.69) is 25.1 Å². The summed E-state index contributed by atoms with van der Waals surface area (Å²) in [6.45, 7) is 6.72. The number of aliphatic hydroxyl groups excluding tert-OH is 2. The molecular weight excluding hydrogens is 553 g/mol. The Kier molecular flexibility index (Phi) is 12.6. The Morgan fingerprint density at radius 2 is 1.65 bits per heavy atom. The molecule has 2 aromatic rings. The van der Waals surface area contributed by atoms with E-state index in [1.165, 1.54) is 38.8 Å². The van der Waals surface area contributed by atoms with E-state index in [0.29, 0.717) is 5.52 Å². The van der Waals surface area contributed by atoms with Crippen LogP contribution in [-0.2, 0) is 39.6 Å². The van der Waals surface area contributed by atoms with Crippen molar-refractivity contribution in [3.8, 4) is 5.88 Å². The van der Waals surface area contributed by atoms with Gasteiger partial charge in [-0.15, -0.1) is 0 Å². The van der Waals surface area contributed by atoms with Gasteiger partial charge in [0.05, 0.1) is 39.4 Å². The number of carbonyl (C=O) groups excluding carboxylic acids is 2. The fraction of sp³-hybridized carbons (Fsp3) is 0.682. The Hall–Kier alpha value is -2.92. The first-order valence-corrected chi connectivity index (χ1v) is 14.1. The molecule has 2 heterocycles. The molecule has 0 bridgehead atoms. The maximum atomic E-state index is 13.7. The van der Waals surface area contributed by atoms with Crippen molar-refractivity contribution in [2.75, 3.05) is 32.7 Å². The number of nitrogen functional groups attached to an aromatic ring is 1. The highest BCUT2D eigenvalue weighted by Gasteiger charge is 2.35. The average Bonchev–Trinajstić information content (AvgIpc) is 3.30. The first-order valence-electron chi connectivity index (χ1n) is 12.5. The number of nitrogens with zero attached hydrogens (tertiary/aromatic N) is 4. The van der Waals surface area contributed by atoms with E-state index in [0.717, 1.165) is 0 Å². The highest BCUT2D eigenvalue weighted by molar-refractivity contribution is 7.54. The molecule has 40 heavy (non-hydrogen) atoms. The van der Waals surface area contributed by atoms with Crippen molar-refractivity contribution in [2.24, 2.45) is 0 Å². The molecule has 2 aromatic heterocycles. The minimum Gasteiger partial charge on any atom is -0.479 e. The zero-order chi connectivity index (χ0) is 30.0. The van der Waals surface area contributed by atoms with E-state index >= 15 is 0 Å². The van der Waals surface area contributed by atoms with E-state index in [1.807, 2.05) is 0 Å². The SMILES string of the molecule is CCOC(=O)C(C)NP(=O)(NC(C)C(=O)OCC)OC[C@@H](OCn1cnc2c(OC)nc(N)nc21)[C@H](O)C(C)O. The summed E-state index contributed by atoms with van der Waals surface area (Å²) < 4.78 is 41.6. The summed E-state index contributed by atoms with van der Waals surface area (Å²) in [4.78, 5) is 36.6. The third-order valence-electron chi connectivity index (χ3n) is 5.37. The number of fused-ring (bicyclic) bond motifs is 1. The number of esters is 2. The molecule has 0 radical (unpaired) electrons. The van der Waals surface area contributed by atoms with E-state index in [1.54, 1.807) is 13.8 Å². The lowest BCUT2D eigenvalue weighted by molar-refractivity contribution is -0.145. The zero-order valence-electron chi connectivity index (χ0n) is 23.3. The molecule has 5 atom stereocenters. The van der Waals surface area contributed by atoms with Crippen LogP contribution in [0.4, 0.5) is 5.95 Å². The zero-order valence-corrected chi connectivity index (χ0v) is 24.2. The molecule has 0 aliphatic rings. The standard InChI is InChI=1S/C22H38N7O10P/c1-7-36-20(32)12(3)27-40(34,28-13(4)21(33)37-8-2)39-9-15(17(31)14(5)30)38-11-29-10-24-16-18(29)25-22(23)26-19(16)35-6/h10,12-15,17,30-31H,7-9,11H2,1-6H3,(H2,23,25,26)(H2,27,28,34)/t12?,13?,14?,15-,17-,40?/m1/s1. The summed E-state index contributed by atoms with van der Waals surface area (Å²) in [7, 11) is -2.80. The smallest absolute Gasteiger partial charge is 0.342 e. The first-order chi connectivity index (χ1) is 18.8. The maximum absolute atomic E-state index is 13.7. The van der Waals surface area contributed by atoms with Crippen LogP contribution >= 0.6 is 7.67 Å². The van der Waals surface area contributed by atoms with Crippen molar-refractivity contribution in [3.05, 3.63) is 6.33 Å². The molecule has 0 fully saturated rings. The van der Waals surface area contributed by atoms with Gasteiger partial charge < -0.3 is 39.4 Å². The fourth-order valence-corrected chi connectivity index (χ4v) is 5.15. The minimum atomic E-state index is -4.20. The number of ether oxygens (including phenoxy) is 4. The predicted octanol–water partition coefficient (Wildman–Crippen LogP) is -0.291. The Morgan fingerprint density at radius 1 is 1.07 bits per heavy atom. The lowest BCUT2D eigenvalue weighted by atomic mass is 10.1. The number of nitrogens with two attached hydrogens (primary N) is 1. The molecule has 0 saturated heterocycles. The van der Waals surface area contributed by atoms with Gasteiger partial charge in [-0.2, -0.15) is 9.97 Å². The molecule has 6 N–H and O–H groups in total. The van der Waals surface area contributed by atoms with Crippen LogP contribution in [0, 0.1) is 0 Å². The van der Waals surface area contributed by atoms with Crippen molar-refractivity contribution in [3.63, 3.8) is 0 Å². The maximum Gasteiger partial charge on any atom is 0.342 e. The number of rotatable bonds is 17. The average molecular weight is 592 g/mol. The number of imidazole rings is 1. The fourth-order valence-electron chi connectivity index (χ4n) is 3.34. The van der Waals surface area contributed by atoms with Gasteiger partial charge in [-0.3, -0.25) is 18.7 Å². The molecule has 2 rings (SSSR count). The highest BCUT2D eigenvalue weighted by atomic mass is 31.2. The molecule has 17 nitrogen and oxygen atoms in total. The third kappa shape index (κ3) is 9.05. The van der Waals surface area contributed by atoms with E-state index in [9.17, 15) is 24.4 Å². The van der Waals surface area contributed by atoms with Crippen LogP contribution in [0.25, 0.3) is 11.2 Å². The van der Waals surface area contributed by atoms with Gasteiger partial charge >= 0.3 is 19.6 Å². The summed E-state index contributed by atoms with van der Waals surface area (Å²) in [5, 5.41) is 25.7. The lowest BCUT2D eigenvalue weighted by Gasteiger charge is -2.29. The number of anilines is 1. The van der Waals surface area contributed by atoms with E-state index < -0.39 is 56.6 Å². The second-order valence-electron chi connectivity index (χ2n) is 8.60. The third-order valence-corrected chi connectivity index (χ3v) is 7.34. The van der Waals surface area contributed by atoms with Crippen molar-refractivity contribution < 1.29 is 47.8 Å². The number of carbonyl (C=O) groups is 2. The first kappa shape index (κ1) is 33.3. The number of aliphatic hydroxyl groups is 2. The molecule has 0 aromatic carbocycles. The van der Waals surface area contributed by atoms with Gasteiger partial charge in [0, 0.05) is 0 Å². The van der Waals surface area contributed by atoms with E-state index in [4.69, 9.17) is 29.2 Å². The summed E-state index contributed by atoms with van der Waals surface area (Å²) in [6, 6.07) is -2.21. The van der Waals surface area contributed by atoms with Crippen molar-refractivity contribution >= 4 is 36.7 Å². The quantitative estimate of drug-likeness (QED) is 0.117. The van der Waals surface area contributed by atoms with Crippen LogP contribution in [0.3, 0.4) is 0 Å². The van der Waals surface area contributed by atoms with Crippen LogP contribution in [0.2, 0.25) is 0 Å². The Balaban J connectivity index is 2.26. The highest BCUT2D eigenvalue weighted by Crippen LogP contribution is 2.39. The normalized spacial score (nSPS) is 16.9. The monoisotopic (exact) mass is 591 g/mol. The molecule has 0 aliphatic heterocycles. The van der Waals surface area contributed by atoms with Gasteiger partial charge in [-0.1, -0.05) is 0 Å². The molecule has 0 aliphatic carbocycles. The Morgan fingerprint density at radius 3 is 2.15 bits per heavy atom. The lowest BCUT2D eigenvalue weighted by Crippen LogP contribution is -2.45. The molecule has 226 valence electrons. The molecule has 18 heteroatoms. The van der Waals surface area contributed by atoms with Crippen LogP contribution < -0.4 is 20.6 Å². The van der Waals surface area contributed by atoms with Crippen LogP contribution in [0.1, 0.15) is 34.6 Å². The van der Waals surface area contributed by atoms with E-state index in [-0.39, 0.29) is 37.4 Å². The van der Waals surface area contributed by atoms with Gasteiger partial charge in [-0.25, -0.2) is 15.2 Å². The second-order valence-corrected chi connectivity index (χ2v) is 10.5. The van der Waals surface area contributed by atoms with Gasteiger partial charge in [-0.05, 0) is 34.6 Å². The minimum absolute atomic E-state index is 0.0699. The van der Waals surface area contributed by atoms with Crippen molar-refractivity contribution in [1.29, 1.82) is 0 Å². The van der Waals surface area contributed by atoms with Crippen LogP contribution in [0.5, 0.6) is 5.88 Å². The molecule has 0 amide bonds. The molecule has 0 spiro atoms. The number of hydrogen-bond acceptors (Lipinski definition) is 14.